The van der Waals surface area contributed by atoms with Crippen LogP contribution in [0.5, 0.6) is 11.5 Å². The number of benzene rings is 1. The van der Waals surface area contributed by atoms with Crippen molar-refractivity contribution in [2.45, 2.75) is 38.8 Å². The minimum absolute atomic E-state index is 0.341. The van der Waals surface area contributed by atoms with Crippen LogP contribution in [0, 0.1) is 5.92 Å². The zero-order chi connectivity index (χ0) is 15.4. The minimum Gasteiger partial charge on any atom is -0.497 e. The van der Waals surface area contributed by atoms with Gasteiger partial charge in [0.2, 0.25) is 0 Å². The van der Waals surface area contributed by atoms with Crippen LogP contribution in [0.2, 0.25) is 0 Å². The second-order valence-electron chi connectivity index (χ2n) is 6.06. The quantitative estimate of drug-likeness (QED) is 0.906. The monoisotopic (exact) mass is 292 g/mol. The zero-order valence-corrected chi connectivity index (χ0v) is 13.6. The van der Waals surface area contributed by atoms with Crippen molar-refractivity contribution in [2.24, 2.45) is 11.7 Å². The summed E-state index contributed by atoms with van der Waals surface area (Å²) in [7, 11) is 3.39. The molecule has 1 fully saturated rings. The molecule has 1 heterocycles. The van der Waals surface area contributed by atoms with Gasteiger partial charge in [-0.15, -0.1) is 0 Å². The number of likely N-dealkylation sites (tertiary alicyclic amines) is 1. The van der Waals surface area contributed by atoms with Gasteiger partial charge in [0.15, 0.2) is 0 Å². The number of nitrogens with two attached hydrogens (primary N) is 1. The maximum Gasteiger partial charge on any atom is 0.122 e. The first-order valence-electron chi connectivity index (χ1n) is 7.79. The van der Waals surface area contributed by atoms with Gasteiger partial charge in [0.05, 0.1) is 14.2 Å². The van der Waals surface area contributed by atoms with Crippen LogP contribution in [0.3, 0.4) is 0 Å². The van der Waals surface area contributed by atoms with Crippen molar-refractivity contribution in [1.29, 1.82) is 0 Å². The summed E-state index contributed by atoms with van der Waals surface area (Å²) in [6, 6.07) is 7.01. The third kappa shape index (κ3) is 3.50. The molecule has 2 N–H and O–H groups in total. The molecule has 21 heavy (non-hydrogen) atoms. The fraction of sp³-hybridized carbons (Fsp3) is 0.647. The smallest absolute Gasteiger partial charge is 0.122 e. The van der Waals surface area contributed by atoms with Crippen molar-refractivity contribution in [1.82, 2.24) is 4.90 Å². The summed E-state index contributed by atoms with van der Waals surface area (Å²) in [5.41, 5.74) is 7.29. The summed E-state index contributed by atoms with van der Waals surface area (Å²) in [4.78, 5) is 2.55. The average Bonchev–Trinajstić information content (AvgIpc) is 2.53. The van der Waals surface area contributed by atoms with E-state index >= 15 is 0 Å². The highest BCUT2D eigenvalue weighted by atomic mass is 16.5. The number of hydrogen-bond acceptors (Lipinski definition) is 4. The van der Waals surface area contributed by atoms with E-state index < -0.39 is 0 Å². The normalized spacial score (nSPS) is 23.3. The average molecular weight is 292 g/mol. The lowest BCUT2D eigenvalue weighted by Gasteiger charge is -2.43. The van der Waals surface area contributed by atoms with Crippen LogP contribution in [0.15, 0.2) is 18.2 Å². The number of rotatable bonds is 5. The summed E-state index contributed by atoms with van der Waals surface area (Å²) in [6.45, 7) is 6.35. The van der Waals surface area contributed by atoms with Crippen molar-refractivity contribution in [3.63, 3.8) is 0 Å². The van der Waals surface area contributed by atoms with E-state index in [-0.39, 0.29) is 0 Å². The minimum atomic E-state index is 0.341. The molecule has 1 saturated heterocycles. The Kier molecular flexibility index (Phi) is 5.48. The molecule has 0 aliphatic carbocycles. The van der Waals surface area contributed by atoms with E-state index in [2.05, 4.69) is 30.9 Å². The molecule has 2 unspecified atom stereocenters. The van der Waals surface area contributed by atoms with Crippen LogP contribution in [-0.2, 0) is 0 Å². The van der Waals surface area contributed by atoms with Crippen molar-refractivity contribution in [3.8, 4) is 11.5 Å². The van der Waals surface area contributed by atoms with Crippen molar-refractivity contribution >= 4 is 0 Å². The molecule has 1 aliphatic heterocycles. The Morgan fingerprint density at radius 2 is 1.81 bits per heavy atom. The number of methoxy groups -OCH3 is 2. The fourth-order valence-corrected chi connectivity index (χ4v) is 3.39. The van der Waals surface area contributed by atoms with Gasteiger partial charge in [-0.1, -0.05) is 0 Å². The number of hydrogen-bond donors (Lipinski definition) is 1. The Bertz CT molecular complexity index is 440. The van der Waals surface area contributed by atoms with Crippen molar-refractivity contribution in [2.75, 3.05) is 27.3 Å². The van der Waals surface area contributed by atoms with E-state index in [9.17, 15) is 0 Å². The molecule has 4 heteroatoms. The van der Waals surface area contributed by atoms with Crippen LogP contribution in [0.25, 0.3) is 0 Å². The summed E-state index contributed by atoms with van der Waals surface area (Å²) < 4.78 is 10.8. The topological polar surface area (TPSA) is 47.7 Å². The maximum absolute atomic E-state index is 6.05. The molecule has 1 aromatic carbocycles. The van der Waals surface area contributed by atoms with E-state index in [0.29, 0.717) is 24.5 Å². The first-order chi connectivity index (χ1) is 10.1. The highest BCUT2D eigenvalue weighted by Gasteiger charge is 2.33. The van der Waals surface area contributed by atoms with Gasteiger partial charge in [0.25, 0.3) is 0 Å². The molecule has 4 nitrogen and oxygen atoms in total. The van der Waals surface area contributed by atoms with Gasteiger partial charge >= 0.3 is 0 Å². The lowest BCUT2D eigenvalue weighted by atomic mass is 9.83. The Labute approximate surface area is 128 Å². The molecule has 118 valence electrons. The molecular weight excluding hydrogens is 264 g/mol. The third-order valence-electron chi connectivity index (χ3n) is 4.48. The summed E-state index contributed by atoms with van der Waals surface area (Å²) in [6.07, 6.45) is 2.40. The van der Waals surface area contributed by atoms with Gasteiger partial charge in [0, 0.05) is 18.2 Å². The molecule has 0 bridgehead atoms. The molecule has 1 aliphatic rings. The molecule has 0 amide bonds. The predicted molar refractivity (Wildman–Crippen MR) is 85.9 cm³/mol. The molecule has 2 rings (SSSR count). The van der Waals surface area contributed by atoms with E-state index in [1.54, 1.807) is 14.2 Å². The van der Waals surface area contributed by atoms with Crippen molar-refractivity contribution < 1.29 is 9.47 Å². The van der Waals surface area contributed by atoms with E-state index in [1.807, 2.05) is 6.07 Å². The van der Waals surface area contributed by atoms with Crippen LogP contribution in [-0.4, -0.2) is 38.3 Å². The lowest BCUT2D eigenvalue weighted by molar-refractivity contribution is 0.0663. The molecule has 0 aromatic heterocycles. The predicted octanol–water partition coefficient (Wildman–Crippen LogP) is 2.82. The highest BCUT2D eigenvalue weighted by Crippen LogP contribution is 2.39. The second kappa shape index (κ2) is 7.14. The van der Waals surface area contributed by atoms with Gasteiger partial charge in [-0.25, -0.2) is 0 Å². The van der Waals surface area contributed by atoms with E-state index in [0.717, 1.165) is 18.0 Å². The van der Waals surface area contributed by atoms with Gasteiger partial charge in [-0.3, -0.25) is 4.90 Å². The summed E-state index contributed by atoms with van der Waals surface area (Å²) >= 11 is 0. The van der Waals surface area contributed by atoms with Gasteiger partial charge in [-0.2, -0.15) is 0 Å². The van der Waals surface area contributed by atoms with Crippen LogP contribution >= 0.6 is 0 Å². The van der Waals surface area contributed by atoms with Crippen LogP contribution in [0.4, 0.5) is 0 Å². The molecule has 0 spiro atoms. The molecular formula is C17H28N2O2. The zero-order valence-electron chi connectivity index (χ0n) is 13.6. The lowest BCUT2D eigenvalue weighted by Crippen LogP contribution is -2.44. The van der Waals surface area contributed by atoms with Gasteiger partial charge < -0.3 is 15.2 Å². The molecule has 1 aromatic rings. The molecule has 0 radical (unpaired) electrons. The number of ether oxygens (including phenoxy) is 2. The largest absolute Gasteiger partial charge is 0.497 e. The van der Waals surface area contributed by atoms with Gasteiger partial charge in [0.1, 0.15) is 11.5 Å². The second-order valence-corrected chi connectivity index (χ2v) is 6.06. The summed E-state index contributed by atoms with van der Waals surface area (Å²) in [5, 5.41) is 0. The fourth-order valence-electron chi connectivity index (χ4n) is 3.39. The number of piperidine rings is 1. The number of nitrogens with zero attached hydrogens (tertiary/aromatic N) is 1. The van der Waals surface area contributed by atoms with E-state index in [4.69, 9.17) is 15.2 Å². The molecule has 0 saturated carbocycles. The Morgan fingerprint density at radius 1 is 1.19 bits per heavy atom. The Balaban J connectivity index is 2.42. The SMILES string of the molecule is COc1cc(OC)cc(C2C(CN)CCCN2C(C)C)c1. The standard InChI is InChI=1S/C17H28N2O2/c1-12(2)19-7-5-6-13(11-18)17(19)14-8-15(20-3)10-16(9-14)21-4/h8-10,12-13,17H,5-7,11,18H2,1-4H3. The van der Waals surface area contributed by atoms with E-state index in [1.165, 1.54) is 18.4 Å². The first-order valence-corrected chi connectivity index (χ1v) is 7.79. The Hall–Kier alpha value is -1.26. The Morgan fingerprint density at radius 3 is 2.29 bits per heavy atom. The maximum atomic E-state index is 6.05. The third-order valence-corrected chi connectivity index (χ3v) is 4.48. The van der Waals surface area contributed by atoms with Gasteiger partial charge in [-0.05, 0) is 63.4 Å². The van der Waals surface area contributed by atoms with Crippen molar-refractivity contribution in [3.05, 3.63) is 23.8 Å². The first kappa shape index (κ1) is 16.1. The highest BCUT2D eigenvalue weighted by molar-refractivity contribution is 5.40. The van der Waals surface area contributed by atoms with Crippen LogP contribution in [0.1, 0.15) is 38.3 Å². The van der Waals surface area contributed by atoms with Crippen LogP contribution < -0.4 is 15.2 Å². The summed E-state index contributed by atoms with van der Waals surface area (Å²) in [5.74, 6) is 2.17. The molecule has 2 atom stereocenters.